The van der Waals surface area contributed by atoms with E-state index in [1.54, 1.807) is 41.3 Å². The van der Waals surface area contributed by atoms with Crippen LogP contribution in [0.3, 0.4) is 0 Å². The first kappa shape index (κ1) is 22.5. The van der Waals surface area contributed by atoms with Crippen LogP contribution in [0, 0.1) is 5.41 Å². The Morgan fingerprint density at radius 1 is 0.912 bits per heavy atom. The number of nitrogens with zero attached hydrogens (tertiary/aromatic N) is 1. The van der Waals surface area contributed by atoms with Gasteiger partial charge >= 0.3 is 0 Å². The van der Waals surface area contributed by atoms with Crippen molar-refractivity contribution in [1.29, 1.82) is 5.41 Å². The molecule has 0 spiro atoms. The van der Waals surface area contributed by atoms with Crippen LogP contribution in [0.15, 0.2) is 95.7 Å². The molecule has 1 aliphatic heterocycles. The summed E-state index contributed by atoms with van der Waals surface area (Å²) in [5, 5.41) is 21.9. The minimum atomic E-state index is -0.580. The summed E-state index contributed by atoms with van der Waals surface area (Å²) in [5.41, 5.74) is 3.85. The number of nitrogens with one attached hydrogen (secondary N) is 1. The van der Waals surface area contributed by atoms with Crippen LogP contribution in [-0.2, 0) is 4.79 Å². The molecule has 34 heavy (non-hydrogen) atoms. The largest absolute Gasteiger partial charge is 0.507 e. The van der Waals surface area contributed by atoms with Crippen molar-refractivity contribution in [2.75, 3.05) is 4.90 Å². The van der Waals surface area contributed by atoms with Gasteiger partial charge in [0.15, 0.2) is 5.78 Å². The molecular weight excluding hydrogens is 467 g/mol. The molecule has 0 unspecified atom stereocenters. The number of halogens is 2. The number of carbonyl (C=O) groups excluding carboxylic acids is 1. The highest BCUT2D eigenvalue weighted by atomic mass is 35.5. The minimum absolute atomic E-state index is 0.0255. The van der Waals surface area contributed by atoms with Crippen LogP contribution < -0.4 is 4.90 Å². The van der Waals surface area contributed by atoms with Gasteiger partial charge in [-0.1, -0.05) is 71.7 Å². The first-order valence-corrected chi connectivity index (χ1v) is 11.9. The molecule has 6 heteroatoms. The van der Waals surface area contributed by atoms with Gasteiger partial charge in [0, 0.05) is 50.5 Å². The smallest absolute Gasteiger partial charge is 0.161 e. The van der Waals surface area contributed by atoms with Crippen molar-refractivity contribution < 1.29 is 9.90 Å². The maximum Gasteiger partial charge on any atom is 0.161 e. The predicted molar refractivity (Wildman–Crippen MR) is 138 cm³/mol. The fourth-order valence-corrected chi connectivity index (χ4v) is 5.14. The monoisotopic (exact) mass is 488 g/mol. The van der Waals surface area contributed by atoms with E-state index in [-0.39, 0.29) is 17.4 Å². The third kappa shape index (κ3) is 3.93. The van der Waals surface area contributed by atoms with Crippen LogP contribution in [0.2, 0.25) is 10.0 Å². The van der Waals surface area contributed by atoms with Crippen molar-refractivity contribution in [3.63, 3.8) is 0 Å². The minimum Gasteiger partial charge on any atom is -0.507 e. The summed E-state index contributed by atoms with van der Waals surface area (Å²) in [7, 11) is 0. The molecule has 2 N–H and O–H groups in total. The molecule has 0 saturated carbocycles. The molecule has 0 aromatic heterocycles. The number of aliphatic hydroxyl groups excluding tert-OH is 1. The van der Waals surface area contributed by atoms with Gasteiger partial charge in [-0.2, -0.15) is 0 Å². The number of hydrogen-bond donors (Lipinski definition) is 2. The molecule has 170 valence electrons. The van der Waals surface area contributed by atoms with Crippen LogP contribution in [-0.4, -0.2) is 16.7 Å². The number of Topliss-reactive ketones (excluding diaryl/α,β-unsaturated/α-hetero) is 1. The average Bonchev–Trinajstić information content (AvgIpc) is 2.84. The molecule has 0 bridgehead atoms. The summed E-state index contributed by atoms with van der Waals surface area (Å²) in [6.07, 6.45) is 1.79. The van der Waals surface area contributed by atoms with E-state index in [0.717, 1.165) is 11.3 Å². The zero-order valence-electron chi connectivity index (χ0n) is 18.3. The van der Waals surface area contributed by atoms with E-state index in [4.69, 9.17) is 23.2 Å². The zero-order chi connectivity index (χ0) is 23.8. The Kier molecular flexibility index (Phi) is 6.03. The summed E-state index contributed by atoms with van der Waals surface area (Å²) in [6, 6.07) is 23.6. The molecule has 0 amide bonds. The number of amidine groups is 1. The fourth-order valence-electron chi connectivity index (χ4n) is 4.83. The molecular formula is C28H22Cl2N2O2. The molecule has 4 nitrogen and oxygen atoms in total. The van der Waals surface area contributed by atoms with Gasteiger partial charge < -0.3 is 5.11 Å². The highest BCUT2D eigenvalue weighted by Crippen LogP contribution is 2.48. The Hall–Kier alpha value is -3.34. The van der Waals surface area contributed by atoms with E-state index in [0.29, 0.717) is 51.7 Å². The lowest BCUT2D eigenvalue weighted by Gasteiger charge is -2.41. The third-order valence-electron chi connectivity index (χ3n) is 6.33. The van der Waals surface area contributed by atoms with Crippen molar-refractivity contribution in [2.45, 2.75) is 25.2 Å². The van der Waals surface area contributed by atoms with E-state index >= 15 is 0 Å². The zero-order valence-corrected chi connectivity index (χ0v) is 19.8. The second-order valence-corrected chi connectivity index (χ2v) is 9.29. The number of ketones is 1. The number of allylic oxidation sites excluding steroid dienone is 2. The highest BCUT2D eigenvalue weighted by molar-refractivity contribution is 6.31. The molecule has 1 atom stereocenters. The molecule has 2 aliphatic rings. The Morgan fingerprint density at radius 3 is 2.35 bits per heavy atom. The van der Waals surface area contributed by atoms with Gasteiger partial charge in [-0.3, -0.25) is 15.1 Å². The predicted octanol–water partition coefficient (Wildman–Crippen LogP) is 7.55. The lowest BCUT2D eigenvalue weighted by atomic mass is 9.73. The van der Waals surface area contributed by atoms with Gasteiger partial charge in [-0.15, -0.1) is 0 Å². The molecule has 0 saturated heterocycles. The van der Waals surface area contributed by atoms with Gasteiger partial charge in [-0.25, -0.2) is 0 Å². The van der Waals surface area contributed by atoms with Crippen LogP contribution in [0.1, 0.15) is 36.3 Å². The summed E-state index contributed by atoms with van der Waals surface area (Å²) >= 11 is 12.5. The van der Waals surface area contributed by atoms with E-state index in [1.165, 1.54) is 0 Å². The van der Waals surface area contributed by atoms with Crippen molar-refractivity contribution in [3.05, 3.63) is 117 Å². The Bertz CT molecular complexity index is 1340. The fraction of sp³-hybridized carbons (Fsp3) is 0.143. The standard InChI is InChI=1S/C28H22Cl2N2O2/c29-19-14-12-17(13-15-19)24-25-22(10-5-11-23(25)33)32(21-9-4-8-20(30)16-21)28(31)26(24)27(34)18-6-2-1-3-7-18/h1-4,6-9,12-16,24,31,34H,5,10-11H2/t24-/m1/s1. The molecule has 3 aromatic carbocycles. The van der Waals surface area contributed by atoms with Crippen molar-refractivity contribution in [3.8, 4) is 0 Å². The lowest BCUT2D eigenvalue weighted by molar-refractivity contribution is -0.116. The van der Waals surface area contributed by atoms with Gasteiger partial charge in [0.1, 0.15) is 11.6 Å². The van der Waals surface area contributed by atoms with Gasteiger partial charge in [0.25, 0.3) is 0 Å². The number of anilines is 1. The number of aliphatic hydroxyl groups is 1. The van der Waals surface area contributed by atoms with Gasteiger partial charge in [0.2, 0.25) is 0 Å². The number of hydrogen-bond acceptors (Lipinski definition) is 3. The number of benzene rings is 3. The normalized spacial score (nSPS) is 19.8. The second kappa shape index (κ2) is 9.13. The van der Waals surface area contributed by atoms with Crippen LogP contribution in [0.4, 0.5) is 5.69 Å². The Labute approximate surface area is 208 Å². The second-order valence-electron chi connectivity index (χ2n) is 8.41. The molecule has 0 fully saturated rings. The molecule has 1 heterocycles. The molecule has 0 radical (unpaired) electrons. The van der Waals surface area contributed by atoms with Crippen LogP contribution in [0.5, 0.6) is 0 Å². The van der Waals surface area contributed by atoms with Crippen LogP contribution >= 0.6 is 23.2 Å². The quantitative estimate of drug-likeness (QED) is 0.374. The SMILES string of the molecule is N=C1C(=C(O)c2ccccc2)[C@H](c2ccc(Cl)cc2)C2=C(CCCC2=O)N1c1cccc(Cl)c1. The van der Waals surface area contributed by atoms with E-state index in [9.17, 15) is 15.3 Å². The maximum absolute atomic E-state index is 13.4. The Morgan fingerprint density at radius 2 is 1.65 bits per heavy atom. The van der Waals surface area contributed by atoms with Crippen molar-refractivity contribution in [1.82, 2.24) is 0 Å². The lowest BCUT2D eigenvalue weighted by Crippen LogP contribution is -2.42. The van der Waals surface area contributed by atoms with Crippen molar-refractivity contribution >= 4 is 46.3 Å². The first-order valence-electron chi connectivity index (χ1n) is 11.1. The van der Waals surface area contributed by atoms with Crippen LogP contribution in [0.25, 0.3) is 5.76 Å². The number of rotatable bonds is 3. The molecule has 1 aliphatic carbocycles. The topological polar surface area (TPSA) is 64.4 Å². The number of carbonyl (C=O) groups is 1. The summed E-state index contributed by atoms with van der Waals surface area (Å²) < 4.78 is 0. The first-order chi connectivity index (χ1) is 16.5. The molecule has 3 aromatic rings. The average molecular weight is 489 g/mol. The Balaban J connectivity index is 1.83. The van der Waals surface area contributed by atoms with Crippen molar-refractivity contribution in [2.24, 2.45) is 0 Å². The molecule has 5 rings (SSSR count). The highest BCUT2D eigenvalue weighted by Gasteiger charge is 2.43. The summed E-state index contributed by atoms with van der Waals surface area (Å²) in [5.74, 6) is -0.457. The summed E-state index contributed by atoms with van der Waals surface area (Å²) in [6.45, 7) is 0. The van der Waals surface area contributed by atoms with Gasteiger partial charge in [0.05, 0.1) is 0 Å². The van der Waals surface area contributed by atoms with Gasteiger partial charge in [-0.05, 0) is 48.7 Å². The maximum atomic E-state index is 13.4. The third-order valence-corrected chi connectivity index (χ3v) is 6.81. The summed E-state index contributed by atoms with van der Waals surface area (Å²) in [4.78, 5) is 15.2. The van der Waals surface area contributed by atoms with E-state index in [1.807, 2.05) is 42.5 Å². The van der Waals surface area contributed by atoms with E-state index < -0.39 is 5.92 Å². The van der Waals surface area contributed by atoms with E-state index in [2.05, 4.69) is 0 Å².